The second-order valence-corrected chi connectivity index (χ2v) is 8.34. The van der Waals surface area contributed by atoms with E-state index in [9.17, 15) is 4.79 Å². The Balaban J connectivity index is 1.39. The van der Waals surface area contributed by atoms with Crippen molar-refractivity contribution >= 4 is 46.0 Å². The molecule has 0 bridgehead atoms. The van der Waals surface area contributed by atoms with Gasteiger partial charge in [-0.25, -0.2) is 4.98 Å². The molecule has 0 spiro atoms. The molecular formula is C23H20ClN3OS. The van der Waals surface area contributed by atoms with Crippen molar-refractivity contribution in [3.05, 3.63) is 87.9 Å². The standard InChI is InChI=1S/C23H20ClN3OS/c1-14-3-10-20-21(11-14)27-23(26-20)29-13-16-5-7-17(8-6-16)22(28)25-18-9-4-15(2)19(24)12-18/h3-12H,13H2,1-2H3,(H,25,28)(H,26,27). The number of aryl methyl sites for hydroxylation is 2. The van der Waals surface area contributed by atoms with Crippen LogP contribution in [-0.2, 0) is 5.75 Å². The van der Waals surface area contributed by atoms with Gasteiger partial charge >= 0.3 is 0 Å². The summed E-state index contributed by atoms with van der Waals surface area (Å²) < 4.78 is 0. The number of anilines is 1. The zero-order valence-electron chi connectivity index (χ0n) is 16.1. The number of fused-ring (bicyclic) bond motifs is 1. The van der Waals surface area contributed by atoms with Gasteiger partial charge in [0.2, 0.25) is 0 Å². The van der Waals surface area contributed by atoms with Gasteiger partial charge in [-0.1, -0.05) is 47.6 Å². The summed E-state index contributed by atoms with van der Waals surface area (Å²) in [6.07, 6.45) is 0. The number of thioether (sulfide) groups is 1. The van der Waals surface area contributed by atoms with E-state index in [2.05, 4.69) is 34.3 Å². The molecule has 1 heterocycles. The first-order valence-electron chi connectivity index (χ1n) is 9.23. The van der Waals surface area contributed by atoms with E-state index >= 15 is 0 Å². The molecule has 0 aliphatic carbocycles. The molecule has 4 nitrogen and oxygen atoms in total. The Kier molecular flexibility index (Phi) is 5.60. The number of carbonyl (C=O) groups excluding carboxylic acids is 1. The van der Waals surface area contributed by atoms with E-state index in [1.807, 2.05) is 49.4 Å². The summed E-state index contributed by atoms with van der Waals surface area (Å²) in [6.45, 7) is 4.00. The third kappa shape index (κ3) is 4.63. The number of nitrogens with zero attached hydrogens (tertiary/aromatic N) is 1. The number of carbonyl (C=O) groups is 1. The number of hydrogen-bond acceptors (Lipinski definition) is 3. The van der Waals surface area contributed by atoms with Crippen molar-refractivity contribution in [1.29, 1.82) is 0 Å². The topological polar surface area (TPSA) is 57.8 Å². The van der Waals surface area contributed by atoms with E-state index in [0.717, 1.165) is 33.1 Å². The van der Waals surface area contributed by atoms with Crippen molar-refractivity contribution in [2.24, 2.45) is 0 Å². The number of rotatable bonds is 5. The van der Waals surface area contributed by atoms with Gasteiger partial charge in [-0.15, -0.1) is 0 Å². The third-order valence-corrected chi connectivity index (χ3v) is 5.99. The van der Waals surface area contributed by atoms with E-state index in [4.69, 9.17) is 11.6 Å². The maximum atomic E-state index is 12.5. The van der Waals surface area contributed by atoms with E-state index < -0.39 is 0 Å². The highest BCUT2D eigenvalue weighted by molar-refractivity contribution is 7.98. The van der Waals surface area contributed by atoms with Gasteiger partial charge in [0.05, 0.1) is 11.0 Å². The lowest BCUT2D eigenvalue weighted by molar-refractivity contribution is 0.102. The van der Waals surface area contributed by atoms with Crippen LogP contribution >= 0.6 is 23.4 Å². The molecule has 4 aromatic rings. The summed E-state index contributed by atoms with van der Waals surface area (Å²) in [5.41, 5.74) is 6.63. The first-order chi connectivity index (χ1) is 14.0. The van der Waals surface area contributed by atoms with Gasteiger partial charge in [0.25, 0.3) is 5.91 Å². The van der Waals surface area contributed by atoms with Gasteiger partial charge in [0.15, 0.2) is 5.16 Å². The molecule has 4 rings (SSSR count). The van der Waals surface area contributed by atoms with Gasteiger partial charge in [-0.2, -0.15) is 0 Å². The molecule has 0 fully saturated rings. The fourth-order valence-corrected chi connectivity index (χ4v) is 3.97. The Morgan fingerprint density at radius 1 is 1.07 bits per heavy atom. The fraction of sp³-hybridized carbons (Fsp3) is 0.130. The van der Waals surface area contributed by atoms with Crippen LogP contribution in [0.1, 0.15) is 27.0 Å². The van der Waals surface area contributed by atoms with Crippen LogP contribution in [0, 0.1) is 13.8 Å². The molecule has 3 aromatic carbocycles. The number of imidazole rings is 1. The first-order valence-corrected chi connectivity index (χ1v) is 10.6. The van der Waals surface area contributed by atoms with Gasteiger partial charge in [0.1, 0.15) is 0 Å². The number of benzene rings is 3. The SMILES string of the molecule is Cc1ccc2nc(SCc3ccc(C(=O)Nc4ccc(C)c(Cl)c4)cc3)[nH]c2c1. The van der Waals surface area contributed by atoms with Crippen molar-refractivity contribution in [2.75, 3.05) is 5.32 Å². The molecule has 1 aromatic heterocycles. The lowest BCUT2D eigenvalue weighted by Gasteiger charge is -2.07. The van der Waals surface area contributed by atoms with Crippen LogP contribution in [0.2, 0.25) is 5.02 Å². The Bertz CT molecular complexity index is 1180. The molecule has 0 aliphatic heterocycles. The highest BCUT2D eigenvalue weighted by Crippen LogP contribution is 2.24. The average Bonchev–Trinajstić information content (AvgIpc) is 3.11. The smallest absolute Gasteiger partial charge is 0.255 e. The van der Waals surface area contributed by atoms with Gasteiger partial charge in [0, 0.05) is 22.0 Å². The second-order valence-electron chi connectivity index (χ2n) is 6.97. The molecule has 6 heteroatoms. The molecule has 29 heavy (non-hydrogen) atoms. The monoisotopic (exact) mass is 421 g/mol. The number of halogens is 1. The number of aromatic amines is 1. The number of H-pyrrole nitrogens is 1. The molecule has 0 saturated carbocycles. The number of aromatic nitrogens is 2. The minimum absolute atomic E-state index is 0.156. The third-order valence-electron chi connectivity index (χ3n) is 4.64. The van der Waals surface area contributed by atoms with Crippen LogP contribution in [-0.4, -0.2) is 15.9 Å². The molecule has 0 atom stereocenters. The van der Waals surface area contributed by atoms with E-state index in [1.54, 1.807) is 17.8 Å². The molecule has 0 radical (unpaired) electrons. The highest BCUT2D eigenvalue weighted by Gasteiger charge is 2.08. The average molecular weight is 422 g/mol. The summed E-state index contributed by atoms with van der Waals surface area (Å²) in [5, 5.41) is 4.41. The zero-order chi connectivity index (χ0) is 20.4. The Hall–Kier alpha value is -2.76. The lowest BCUT2D eigenvalue weighted by atomic mass is 10.1. The molecule has 0 unspecified atom stereocenters. The molecule has 1 amide bonds. The van der Waals surface area contributed by atoms with E-state index in [-0.39, 0.29) is 5.91 Å². The van der Waals surface area contributed by atoms with Crippen LogP contribution in [0.25, 0.3) is 11.0 Å². The molecule has 0 aliphatic rings. The lowest BCUT2D eigenvalue weighted by Crippen LogP contribution is -2.11. The number of nitrogens with one attached hydrogen (secondary N) is 2. The predicted octanol–water partition coefficient (Wildman–Crippen LogP) is 6.38. The van der Waals surface area contributed by atoms with Crippen LogP contribution in [0.4, 0.5) is 5.69 Å². The largest absolute Gasteiger partial charge is 0.333 e. The molecular weight excluding hydrogens is 402 g/mol. The summed E-state index contributed by atoms with van der Waals surface area (Å²) in [4.78, 5) is 20.4. The summed E-state index contributed by atoms with van der Waals surface area (Å²) >= 11 is 7.76. The Morgan fingerprint density at radius 2 is 1.86 bits per heavy atom. The van der Waals surface area contributed by atoms with Gasteiger partial charge in [-0.05, 0) is 66.9 Å². The van der Waals surface area contributed by atoms with Crippen molar-refractivity contribution in [3.63, 3.8) is 0 Å². The van der Waals surface area contributed by atoms with Crippen LogP contribution in [0.3, 0.4) is 0 Å². The highest BCUT2D eigenvalue weighted by atomic mass is 35.5. The van der Waals surface area contributed by atoms with Crippen LogP contribution in [0.15, 0.2) is 65.8 Å². The maximum absolute atomic E-state index is 12.5. The maximum Gasteiger partial charge on any atom is 0.255 e. The van der Waals surface area contributed by atoms with E-state index in [1.165, 1.54) is 5.56 Å². The Morgan fingerprint density at radius 3 is 2.62 bits per heavy atom. The van der Waals surface area contributed by atoms with Crippen molar-refractivity contribution in [2.45, 2.75) is 24.8 Å². The van der Waals surface area contributed by atoms with Crippen LogP contribution in [0.5, 0.6) is 0 Å². The van der Waals surface area contributed by atoms with Gasteiger partial charge < -0.3 is 10.3 Å². The number of amides is 1. The summed E-state index contributed by atoms with van der Waals surface area (Å²) in [5.74, 6) is 0.616. The fourth-order valence-electron chi connectivity index (χ4n) is 2.95. The van der Waals surface area contributed by atoms with Crippen LogP contribution < -0.4 is 5.32 Å². The van der Waals surface area contributed by atoms with Crippen molar-refractivity contribution in [3.8, 4) is 0 Å². The zero-order valence-corrected chi connectivity index (χ0v) is 17.7. The van der Waals surface area contributed by atoms with Crippen molar-refractivity contribution < 1.29 is 4.79 Å². The van der Waals surface area contributed by atoms with E-state index in [0.29, 0.717) is 16.3 Å². The quantitative estimate of drug-likeness (QED) is 0.367. The number of hydrogen-bond donors (Lipinski definition) is 2. The van der Waals surface area contributed by atoms with Crippen molar-refractivity contribution in [1.82, 2.24) is 9.97 Å². The Labute approximate surface area is 178 Å². The summed E-state index contributed by atoms with van der Waals surface area (Å²) in [7, 11) is 0. The molecule has 146 valence electrons. The molecule has 2 N–H and O–H groups in total. The first kappa shape index (κ1) is 19.6. The second kappa shape index (κ2) is 8.31. The normalized spacial score (nSPS) is 11.0. The minimum atomic E-state index is -0.156. The summed E-state index contributed by atoms with van der Waals surface area (Å²) in [6, 6.07) is 19.3. The minimum Gasteiger partial charge on any atom is -0.333 e. The molecule has 0 saturated heterocycles. The van der Waals surface area contributed by atoms with Gasteiger partial charge in [-0.3, -0.25) is 4.79 Å². The predicted molar refractivity (Wildman–Crippen MR) is 121 cm³/mol.